The highest BCUT2D eigenvalue weighted by Gasteiger charge is 2.23. The van der Waals surface area contributed by atoms with Crippen LogP contribution in [0.5, 0.6) is 5.75 Å². The molecule has 0 aliphatic heterocycles. The molecule has 4 heteroatoms. The van der Waals surface area contributed by atoms with Gasteiger partial charge in [-0.25, -0.2) is 0 Å². The first-order valence-electron chi connectivity index (χ1n) is 6.49. The highest BCUT2D eigenvalue weighted by molar-refractivity contribution is 6.08. The number of hydrogen-bond acceptors (Lipinski definition) is 3. The first-order valence-corrected chi connectivity index (χ1v) is 6.49. The fourth-order valence-corrected chi connectivity index (χ4v) is 2.18. The Morgan fingerprint density at radius 3 is 3.00 bits per heavy atom. The Kier molecular flexibility index (Phi) is 3.07. The number of aromatic nitrogens is 1. The number of nitrogens with zero attached hydrogens (tertiary/aromatic N) is 1. The van der Waals surface area contributed by atoms with E-state index in [4.69, 9.17) is 4.74 Å². The number of carbonyl (C=O) groups is 1. The number of ether oxygens (including phenoxy) is 1. The molecule has 1 aliphatic rings. The van der Waals surface area contributed by atoms with Crippen LogP contribution < -0.4 is 10.1 Å². The van der Waals surface area contributed by atoms with Crippen molar-refractivity contribution in [1.29, 1.82) is 0 Å². The fourth-order valence-electron chi connectivity index (χ4n) is 2.18. The lowest BCUT2D eigenvalue weighted by molar-refractivity contribution is 0.0950. The van der Waals surface area contributed by atoms with E-state index < -0.39 is 0 Å². The maximum atomic E-state index is 12.4. The summed E-state index contributed by atoms with van der Waals surface area (Å²) in [4.78, 5) is 16.6. The largest absolute Gasteiger partial charge is 0.496 e. The number of amides is 1. The van der Waals surface area contributed by atoms with Crippen LogP contribution in [0.4, 0.5) is 0 Å². The summed E-state index contributed by atoms with van der Waals surface area (Å²) in [6, 6.07) is 7.39. The Morgan fingerprint density at radius 2 is 2.26 bits per heavy atom. The van der Waals surface area contributed by atoms with Crippen LogP contribution in [-0.2, 0) is 0 Å². The van der Waals surface area contributed by atoms with E-state index in [1.807, 2.05) is 18.2 Å². The molecule has 0 saturated heterocycles. The van der Waals surface area contributed by atoms with Gasteiger partial charge in [0, 0.05) is 18.1 Å². The van der Waals surface area contributed by atoms with Crippen molar-refractivity contribution in [2.24, 2.45) is 5.92 Å². The number of rotatable bonds is 4. The van der Waals surface area contributed by atoms with Crippen LogP contribution in [0.2, 0.25) is 0 Å². The number of pyridine rings is 1. The number of fused-ring (bicyclic) bond motifs is 1. The van der Waals surface area contributed by atoms with Crippen molar-refractivity contribution in [3.8, 4) is 5.75 Å². The molecule has 2 aromatic rings. The van der Waals surface area contributed by atoms with Crippen LogP contribution in [0.3, 0.4) is 0 Å². The fraction of sp³-hybridized carbons (Fsp3) is 0.333. The molecule has 1 aliphatic carbocycles. The van der Waals surface area contributed by atoms with Crippen LogP contribution in [0, 0.1) is 5.92 Å². The summed E-state index contributed by atoms with van der Waals surface area (Å²) in [5, 5.41) is 3.81. The topological polar surface area (TPSA) is 51.2 Å². The number of benzene rings is 1. The molecule has 1 aromatic carbocycles. The van der Waals surface area contributed by atoms with Gasteiger partial charge in [-0.3, -0.25) is 9.78 Å². The Balaban J connectivity index is 2.00. The SMILES string of the molecule is COc1ccc2ncccc2c1C(=O)NCC1CC1. The highest BCUT2D eigenvalue weighted by Crippen LogP contribution is 2.29. The van der Waals surface area contributed by atoms with Crippen LogP contribution >= 0.6 is 0 Å². The first kappa shape index (κ1) is 12.0. The number of carbonyl (C=O) groups excluding carboxylic acids is 1. The molecular formula is C15H16N2O2. The molecule has 0 radical (unpaired) electrons. The highest BCUT2D eigenvalue weighted by atomic mass is 16.5. The first-order chi connectivity index (χ1) is 9.29. The molecule has 0 bridgehead atoms. The summed E-state index contributed by atoms with van der Waals surface area (Å²) in [7, 11) is 1.58. The zero-order valence-corrected chi connectivity index (χ0v) is 10.8. The van der Waals surface area contributed by atoms with Crippen molar-refractivity contribution in [2.45, 2.75) is 12.8 Å². The molecule has 19 heavy (non-hydrogen) atoms. The molecule has 0 unspecified atom stereocenters. The minimum absolute atomic E-state index is 0.0812. The average molecular weight is 256 g/mol. The molecule has 98 valence electrons. The third-order valence-corrected chi connectivity index (χ3v) is 3.44. The van der Waals surface area contributed by atoms with Crippen LogP contribution in [-0.4, -0.2) is 24.5 Å². The molecule has 1 fully saturated rings. The second-order valence-corrected chi connectivity index (χ2v) is 4.87. The van der Waals surface area contributed by atoms with Crippen molar-refractivity contribution in [1.82, 2.24) is 10.3 Å². The Hall–Kier alpha value is -2.10. The van der Waals surface area contributed by atoms with Gasteiger partial charge in [0.05, 0.1) is 18.2 Å². The third-order valence-electron chi connectivity index (χ3n) is 3.44. The Labute approximate surface area is 111 Å². The van der Waals surface area contributed by atoms with Gasteiger partial charge in [0.15, 0.2) is 0 Å². The third kappa shape index (κ3) is 2.38. The minimum atomic E-state index is -0.0812. The summed E-state index contributed by atoms with van der Waals surface area (Å²) in [6.45, 7) is 0.749. The molecule has 4 nitrogen and oxygen atoms in total. The monoisotopic (exact) mass is 256 g/mol. The van der Waals surface area contributed by atoms with E-state index in [1.165, 1.54) is 12.8 Å². The van der Waals surface area contributed by atoms with E-state index in [2.05, 4.69) is 10.3 Å². The molecule has 1 N–H and O–H groups in total. The van der Waals surface area contributed by atoms with Crippen LogP contribution in [0.25, 0.3) is 10.9 Å². The van der Waals surface area contributed by atoms with Gasteiger partial charge >= 0.3 is 0 Å². The van der Waals surface area contributed by atoms with E-state index in [-0.39, 0.29) is 5.91 Å². The normalized spacial score (nSPS) is 14.4. The van der Waals surface area contributed by atoms with Gasteiger partial charge in [-0.05, 0) is 37.0 Å². The number of methoxy groups -OCH3 is 1. The van der Waals surface area contributed by atoms with E-state index in [0.717, 1.165) is 17.4 Å². The summed E-state index contributed by atoms with van der Waals surface area (Å²) in [5.74, 6) is 1.17. The lowest BCUT2D eigenvalue weighted by Crippen LogP contribution is -2.26. The number of hydrogen-bond donors (Lipinski definition) is 1. The van der Waals surface area contributed by atoms with Crippen molar-refractivity contribution in [3.05, 3.63) is 36.0 Å². The van der Waals surface area contributed by atoms with E-state index in [1.54, 1.807) is 19.4 Å². The van der Waals surface area contributed by atoms with Gasteiger partial charge < -0.3 is 10.1 Å². The van der Waals surface area contributed by atoms with Gasteiger partial charge in [0.1, 0.15) is 5.75 Å². The van der Waals surface area contributed by atoms with Gasteiger partial charge in [0.25, 0.3) is 5.91 Å². The molecule has 1 heterocycles. The van der Waals surface area contributed by atoms with Gasteiger partial charge in [-0.2, -0.15) is 0 Å². The molecule has 0 spiro atoms. The molecule has 0 atom stereocenters. The van der Waals surface area contributed by atoms with E-state index in [0.29, 0.717) is 17.2 Å². The molecule has 1 saturated carbocycles. The summed E-state index contributed by atoms with van der Waals surface area (Å²) in [6.07, 6.45) is 4.16. The number of nitrogens with one attached hydrogen (secondary N) is 1. The molecule has 3 rings (SSSR count). The maximum absolute atomic E-state index is 12.4. The Morgan fingerprint density at radius 1 is 1.42 bits per heavy atom. The zero-order chi connectivity index (χ0) is 13.2. The quantitative estimate of drug-likeness (QED) is 0.913. The average Bonchev–Trinajstić information content (AvgIpc) is 3.27. The molecule has 1 amide bonds. The smallest absolute Gasteiger partial charge is 0.255 e. The van der Waals surface area contributed by atoms with Gasteiger partial charge in [-0.15, -0.1) is 0 Å². The van der Waals surface area contributed by atoms with Crippen molar-refractivity contribution in [2.75, 3.05) is 13.7 Å². The predicted octanol–water partition coefficient (Wildman–Crippen LogP) is 2.38. The van der Waals surface area contributed by atoms with Crippen molar-refractivity contribution in [3.63, 3.8) is 0 Å². The van der Waals surface area contributed by atoms with Crippen molar-refractivity contribution < 1.29 is 9.53 Å². The zero-order valence-electron chi connectivity index (χ0n) is 10.8. The molecule has 1 aromatic heterocycles. The minimum Gasteiger partial charge on any atom is -0.496 e. The summed E-state index contributed by atoms with van der Waals surface area (Å²) >= 11 is 0. The summed E-state index contributed by atoms with van der Waals surface area (Å²) < 4.78 is 5.31. The second kappa shape index (κ2) is 4.88. The molecular weight excluding hydrogens is 240 g/mol. The van der Waals surface area contributed by atoms with Crippen LogP contribution in [0.1, 0.15) is 23.2 Å². The second-order valence-electron chi connectivity index (χ2n) is 4.87. The maximum Gasteiger partial charge on any atom is 0.255 e. The van der Waals surface area contributed by atoms with Gasteiger partial charge in [0.2, 0.25) is 0 Å². The van der Waals surface area contributed by atoms with Crippen LogP contribution in [0.15, 0.2) is 30.5 Å². The Bertz CT molecular complexity index is 621. The summed E-state index contributed by atoms with van der Waals surface area (Å²) in [5.41, 5.74) is 1.38. The van der Waals surface area contributed by atoms with E-state index in [9.17, 15) is 4.79 Å². The lowest BCUT2D eigenvalue weighted by Gasteiger charge is -2.11. The standard InChI is InChI=1S/C15H16N2O2/c1-19-13-7-6-12-11(3-2-8-16-12)14(13)15(18)17-9-10-4-5-10/h2-3,6-8,10H,4-5,9H2,1H3,(H,17,18). The lowest BCUT2D eigenvalue weighted by atomic mass is 10.1. The van der Waals surface area contributed by atoms with E-state index >= 15 is 0 Å². The predicted molar refractivity (Wildman–Crippen MR) is 73.4 cm³/mol. The van der Waals surface area contributed by atoms with Crippen molar-refractivity contribution >= 4 is 16.8 Å². The van der Waals surface area contributed by atoms with Gasteiger partial charge in [-0.1, -0.05) is 6.07 Å².